The van der Waals surface area contributed by atoms with E-state index < -0.39 is 0 Å². The molecule has 1 atom stereocenters. The summed E-state index contributed by atoms with van der Waals surface area (Å²) in [5.74, 6) is 1.16. The van der Waals surface area contributed by atoms with E-state index in [1.165, 1.54) is 0 Å². The van der Waals surface area contributed by atoms with Crippen LogP contribution in [0.4, 0.5) is 0 Å². The first-order valence-electron chi connectivity index (χ1n) is 10.1. The molecule has 1 aromatic carbocycles. The second-order valence-electron chi connectivity index (χ2n) is 7.61. The van der Waals surface area contributed by atoms with Gasteiger partial charge in [0.15, 0.2) is 0 Å². The summed E-state index contributed by atoms with van der Waals surface area (Å²) >= 11 is 0. The molecule has 2 heterocycles. The van der Waals surface area contributed by atoms with Crippen molar-refractivity contribution in [2.45, 2.75) is 45.2 Å². The van der Waals surface area contributed by atoms with Gasteiger partial charge in [-0.2, -0.15) is 0 Å². The molecule has 29 heavy (non-hydrogen) atoms. The first kappa shape index (κ1) is 21.0. The SMILES string of the molecule is CNC(=O)C1CN(C(=O)CCc2nnc(C(C)C)o2)CCN1Cc1ccccc1. The van der Waals surface area contributed by atoms with Crippen LogP contribution in [-0.4, -0.2) is 64.5 Å². The van der Waals surface area contributed by atoms with Crippen molar-refractivity contribution >= 4 is 11.8 Å². The fourth-order valence-electron chi connectivity index (χ4n) is 3.44. The highest BCUT2D eigenvalue weighted by Crippen LogP contribution is 2.17. The van der Waals surface area contributed by atoms with Crippen LogP contribution in [0.1, 0.15) is 43.5 Å². The molecule has 0 radical (unpaired) electrons. The highest BCUT2D eigenvalue weighted by atomic mass is 16.4. The number of aromatic nitrogens is 2. The van der Waals surface area contributed by atoms with Gasteiger partial charge in [-0.15, -0.1) is 10.2 Å². The maximum Gasteiger partial charge on any atom is 0.238 e. The molecular weight excluding hydrogens is 370 g/mol. The fourth-order valence-corrected chi connectivity index (χ4v) is 3.44. The van der Waals surface area contributed by atoms with Crippen molar-refractivity contribution in [1.29, 1.82) is 0 Å². The molecule has 0 spiro atoms. The molecule has 3 rings (SSSR count). The monoisotopic (exact) mass is 399 g/mol. The molecule has 0 bridgehead atoms. The Labute approximate surface area is 171 Å². The fraction of sp³-hybridized carbons (Fsp3) is 0.524. The number of carbonyl (C=O) groups excluding carboxylic acids is 2. The Morgan fingerprint density at radius 2 is 1.97 bits per heavy atom. The second-order valence-corrected chi connectivity index (χ2v) is 7.61. The van der Waals surface area contributed by atoms with Crippen LogP contribution in [0.15, 0.2) is 34.7 Å². The molecule has 2 amide bonds. The molecule has 2 aromatic rings. The Morgan fingerprint density at radius 1 is 1.21 bits per heavy atom. The van der Waals surface area contributed by atoms with Gasteiger partial charge in [-0.3, -0.25) is 14.5 Å². The lowest BCUT2D eigenvalue weighted by atomic mass is 10.1. The topological polar surface area (TPSA) is 91.6 Å². The minimum absolute atomic E-state index is 0.00237. The van der Waals surface area contributed by atoms with Crippen LogP contribution < -0.4 is 5.32 Å². The number of rotatable bonds is 7. The molecule has 1 unspecified atom stereocenters. The van der Waals surface area contributed by atoms with Gasteiger partial charge >= 0.3 is 0 Å². The zero-order chi connectivity index (χ0) is 20.8. The minimum Gasteiger partial charge on any atom is -0.425 e. The van der Waals surface area contributed by atoms with Gasteiger partial charge in [0.2, 0.25) is 23.6 Å². The third-order valence-corrected chi connectivity index (χ3v) is 5.15. The summed E-state index contributed by atoms with van der Waals surface area (Å²) in [6.07, 6.45) is 0.701. The van der Waals surface area contributed by atoms with E-state index in [9.17, 15) is 9.59 Å². The van der Waals surface area contributed by atoms with Crippen LogP contribution in [0.2, 0.25) is 0 Å². The van der Waals surface area contributed by atoms with E-state index in [0.717, 1.165) is 5.56 Å². The van der Waals surface area contributed by atoms with Crippen LogP contribution in [-0.2, 0) is 22.6 Å². The number of benzene rings is 1. The Kier molecular flexibility index (Phi) is 6.98. The molecule has 1 fully saturated rings. The number of amides is 2. The summed E-state index contributed by atoms with van der Waals surface area (Å²) in [4.78, 5) is 29.1. The van der Waals surface area contributed by atoms with Crippen molar-refractivity contribution in [3.8, 4) is 0 Å². The quantitative estimate of drug-likeness (QED) is 0.760. The van der Waals surface area contributed by atoms with E-state index in [-0.39, 0.29) is 23.8 Å². The van der Waals surface area contributed by atoms with Crippen molar-refractivity contribution in [2.24, 2.45) is 0 Å². The Morgan fingerprint density at radius 3 is 2.62 bits per heavy atom. The molecule has 8 nitrogen and oxygen atoms in total. The lowest BCUT2D eigenvalue weighted by molar-refractivity contribution is -0.138. The molecule has 8 heteroatoms. The summed E-state index contributed by atoms with van der Waals surface area (Å²) in [6.45, 7) is 6.27. The number of piperazine rings is 1. The van der Waals surface area contributed by atoms with E-state index in [4.69, 9.17) is 4.42 Å². The van der Waals surface area contributed by atoms with Crippen molar-refractivity contribution < 1.29 is 14.0 Å². The van der Waals surface area contributed by atoms with Crippen LogP contribution in [0.5, 0.6) is 0 Å². The summed E-state index contributed by atoms with van der Waals surface area (Å²) < 4.78 is 5.58. The van der Waals surface area contributed by atoms with Gasteiger partial charge in [0, 0.05) is 52.0 Å². The van der Waals surface area contributed by atoms with E-state index in [0.29, 0.717) is 50.8 Å². The molecule has 156 valence electrons. The van der Waals surface area contributed by atoms with Crippen LogP contribution in [0.25, 0.3) is 0 Å². The third kappa shape index (κ3) is 5.41. The molecule has 1 aliphatic rings. The Bertz CT molecular complexity index is 821. The normalized spacial score (nSPS) is 17.5. The van der Waals surface area contributed by atoms with Crippen LogP contribution >= 0.6 is 0 Å². The van der Waals surface area contributed by atoms with E-state index in [2.05, 4.69) is 20.4 Å². The zero-order valence-electron chi connectivity index (χ0n) is 17.3. The predicted molar refractivity (Wildman–Crippen MR) is 108 cm³/mol. The minimum atomic E-state index is -0.367. The standard InChI is InChI=1S/C21H29N5O3/c1-15(2)21-24-23-18(29-21)9-10-19(27)26-12-11-25(17(14-26)20(28)22-3)13-16-7-5-4-6-8-16/h4-8,15,17H,9-14H2,1-3H3,(H,22,28). The molecule has 1 aliphatic heterocycles. The number of nitrogens with zero attached hydrogens (tertiary/aromatic N) is 4. The number of aryl methyl sites for hydroxylation is 1. The summed E-state index contributed by atoms with van der Waals surface area (Å²) in [5, 5.41) is 10.7. The summed E-state index contributed by atoms with van der Waals surface area (Å²) in [5.41, 5.74) is 1.15. The van der Waals surface area contributed by atoms with Gasteiger partial charge in [-0.05, 0) is 5.56 Å². The van der Waals surface area contributed by atoms with E-state index in [1.807, 2.05) is 44.2 Å². The Balaban J connectivity index is 1.59. The van der Waals surface area contributed by atoms with Gasteiger partial charge in [-0.1, -0.05) is 44.2 Å². The summed E-state index contributed by atoms with van der Waals surface area (Å²) in [6, 6.07) is 9.69. The number of hydrogen-bond acceptors (Lipinski definition) is 6. The van der Waals surface area contributed by atoms with Crippen LogP contribution in [0.3, 0.4) is 0 Å². The molecular formula is C21H29N5O3. The number of nitrogens with one attached hydrogen (secondary N) is 1. The number of hydrogen-bond donors (Lipinski definition) is 1. The zero-order valence-corrected chi connectivity index (χ0v) is 17.3. The van der Waals surface area contributed by atoms with Gasteiger partial charge in [-0.25, -0.2) is 0 Å². The molecule has 0 saturated carbocycles. The molecule has 0 aliphatic carbocycles. The predicted octanol–water partition coefficient (Wildman–Crippen LogP) is 1.58. The third-order valence-electron chi connectivity index (χ3n) is 5.15. The van der Waals surface area contributed by atoms with Crippen molar-refractivity contribution in [2.75, 3.05) is 26.7 Å². The lowest BCUT2D eigenvalue weighted by Crippen LogP contribution is -2.59. The largest absolute Gasteiger partial charge is 0.425 e. The average molecular weight is 399 g/mol. The highest BCUT2D eigenvalue weighted by molar-refractivity contribution is 5.83. The van der Waals surface area contributed by atoms with E-state index in [1.54, 1.807) is 11.9 Å². The van der Waals surface area contributed by atoms with Crippen molar-refractivity contribution in [1.82, 2.24) is 25.3 Å². The van der Waals surface area contributed by atoms with Crippen molar-refractivity contribution in [3.63, 3.8) is 0 Å². The maximum absolute atomic E-state index is 12.7. The highest BCUT2D eigenvalue weighted by Gasteiger charge is 2.33. The van der Waals surface area contributed by atoms with Gasteiger partial charge < -0.3 is 14.6 Å². The smallest absolute Gasteiger partial charge is 0.238 e. The van der Waals surface area contributed by atoms with E-state index >= 15 is 0 Å². The number of carbonyl (C=O) groups is 2. The van der Waals surface area contributed by atoms with Crippen molar-refractivity contribution in [3.05, 3.63) is 47.7 Å². The Hall–Kier alpha value is -2.74. The first-order chi connectivity index (χ1) is 14.0. The van der Waals surface area contributed by atoms with Gasteiger partial charge in [0.1, 0.15) is 6.04 Å². The molecule has 1 N–H and O–H groups in total. The molecule has 1 aromatic heterocycles. The first-order valence-corrected chi connectivity index (χ1v) is 10.1. The lowest BCUT2D eigenvalue weighted by Gasteiger charge is -2.40. The summed E-state index contributed by atoms with van der Waals surface area (Å²) in [7, 11) is 1.63. The van der Waals surface area contributed by atoms with Gasteiger partial charge in [0.25, 0.3) is 0 Å². The second kappa shape index (κ2) is 9.65. The van der Waals surface area contributed by atoms with Crippen LogP contribution in [0, 0.1) is 0 Å². The molecule has 1 saturated heterocycles. The number of likely N-dealkylation sites (N-methyl/N-ethyl adjacent to an activating group) is 1. The van der Waals surface area contributed by atoms with Gasteiger partial charge in [0.05, 0.1) is 0 Å². The average Bonchev–Trinajstić information content (AvgIpc) is 3.22. The maximum atomic E-state index is 12.7.